The number of aromatic amines is 1. The summed E-state index contributed by atoms with van der Waals surface area (Å²) in [7, 11) is 0.876. The Morgan fingerprint density at radius 1 is 1.59 bits per heavy atom. The molecule has 0 aliphatic carbocycles. The molecule has 0 aromatic carbocycles. The Labute approximate surface area is 92.2 Å². The summed E-state index contributed by atoms with van der Waals surface area (Å²) in [5.74, 6) is -2.33. The van der Waals surface area contributed by atoms with E-state index in [1.54, 1.807) is 0 Å². The molecule has 1 aromatic heterocycles. The van der Waals surface area contributed by atoms with Crippen LogP contribution in [0.4, 0.5) is 14.6 Å². The lowest BCUT2D eigenvalue weighted by Gasteiger charge is -2.03. The molecular formula is C8H6F2N2O5. The molecule has 1 aromatic rings. The van der Waals surface area contributed by atoms with Crippen molar-refractivity contribution in [3.05, 3.63) is 37.7 Å². The molecule has 7 nitrogen and oxygen atoms in total. The number of aromatic nitrogens is 1. The fourth-order valence-corrected chi connectivity index (χ4v) is 1.13. The highest BCUT2D eigenvalue weighted by molar-refractivity contribution is 5.93. The van der Waals surface area contributed by atoms with E-state index in [4.69, 9.17) is 0 Å². The highest BCUT2D eigenvalue weighted by Crippen LogP contribution is 2.19. The topological polar surface area (TPSA) is 102 Å². The average Bonchev–Trinajstić information content (AvgIpc) is 2.26. The predicted octanol–water partition coefficient (Wildman–Crippen LogP) is 1.01. The zero-order chi connectivity index (χ0) is 13.2. The van der Waals surface area contributed by atoms with Gasteiger partial charge in [0.15, 0.2) is 0 Å². The van der Waals surface area contributed by atoms with Crippen LogP contribution in [0.2, 0.25) is 0 Å². The van der Waals surface area contributed by atoms with Crippen LogP contribution in [0.3, 0.4) is 0 Å². The number of nitrogens with one attached hydrogen (secondary N) is 1. The van der Waals surface area contributed by atoms with Crippen LogP contribution in [0, 0.1) is 10.1 Å². The Bertz CT molecular complexity index is 525. The number of alkyl halides is 2. The molecular weight excluding hydrogens is 242 g/mol. The van der Waals surface area contributed by atoms with Crippen molar-refractivity contribution in [3.63, 3.8) is 0 Å². The zero-order valence-electron chi connectivity index (χ0n) is 8.40. The molecule has 1 N–H and O–H groups in total. The van der Waals surface area contributed by atoms with E-state index < -0.39 is 39.7 Å². The van der Waals surface area contributed by atoms with Gasteiger partial charge in [-0.15, -0.1) is 0 Å². The van der Waals surface area contributed by atoms with Crippen LogP contribution in [0.15, 0.2) is 11.0 Å². The molecule has 1 heterocycles. The molecule has 0 bridgehead atoms. The van der Waals surface area contributed by atoms with Crippen LogP contribution in [0.25, 0.3) is 0 Å². The summed E-state index contributed by atoms with van der Waals surface area (Å²) in [5, 5.41) is 10.5. The first-order valence-corrected chi connectivity index (χ1v) is 4.16. The highest BCUT2D eigenvalue weighted by Gasteiger charge is 2.29. The number of carbonyl (C=O) groups is 1. The quantitative estimate of drug-likeness (QED) is 0.488. The van der Waals surface area contributed by atoms with Crippen molar-refractivity contribution in [2.24, 2.45) is 0 Å². The number of esters is 1. The number of carbonyl (C=O) groups excluding carboxylic acids is 1. The number of ether oxygens (including phenoxy) is 1. The van der Waals surface area contributed by atoms with E-state index in [2.05, 4.69) is 4.74 Å². The summed E-state index contributed by atoms with van der Waals surface area (Å²) >= 11 is 0. The van der Waals surface area contributed by atoms with E-state index in [0.29, 0.717) is 6.20 Å². The van der Waals surface area contributed by atoms with Crippen molar-refractivity contribution in [3.8, 4) is 0 Å². The van der Waals surface area contributed by atoms with Crippen molar-refractivity contribution in [1.82, 2.24) is 4.98 Å². The second kappa shape index (κ2) is 4.68. The van der Waals surface area contributed by atoms with Crippen LogP contribution in [-0.4, -0.2) is 23.0 Å². The number of hydrogen-bond donors (Lipinski definition) is 1. The summed E-state index contributed by atoms with van der Waals surface area (Å²) in [6.07, 6.45) is -2.65. The number of hydrogen-bond acceptors (Lipinski definition) is 5. The number of rotatable bonds is 3. The van der Waals surface area contributed by atoms with Gasteiger partial charge in [-0.2, -0.15) is 0 Å². The molecule has 0 amide bonds. The Morgan fingerprint density at radius 2 is 2.18 bits per heavy atom. The molecule has 1 rings (SSSR count). The molecule has 0 fully saturated rings. The molecule has 0 atom stereocenters. The summed E-state index contributed by atoms with van der Waals surface area (Å²) in [5.41, 5.74) is -3.50. The minimum absolute atomic E-state index is 0.498. The third kappa shape index (κ3) is 2.27. The van der Waals surface area contributed by atoms with Crippen LogP contribution in [0.1, 0.15) is 22.3 Å². The van der Waals surface area contributed by atoms with Gasteiger partial charge in [-0.25, -0.2) is 18.6 Å². The van der Waals surface area contributed by atoms with E-state index in [1.165, 1.54) is 0 Å². The lowest BCUT2D eigenvalue weighted by Crippen LogP contribution is -2.23. The Morgan fingerprint density at radius 3 is 2.59 bits per heavy atom. The Hall–Kier alpha value is -2.32. The number of pyridine rings is 1. The van der Waals surface area contributed by atoms with Crippen molar-refractivity contribution in [2.75, 3.05) is 7.11 Å². The monoisotopic (exact) mass is 248 g/mol. The molecule has 0 unspecified atom stereocenters. The maximum atomic E-state index is 12.4. The molecule has 92 valence electrons. The van der Waals surface area contributed by atoms with Gasteiger partial charge in [0.1, 0.15) is 11.8 Å². The van der Waals surface area contributed by atoms with Crippen molar-refractivity contribution >= 4 is 11.8 Å². The largest absolute Gasteiger partial charge is 0.465 e. The van der Waals surface area contributed by atoms with Gasteiger partial charge in [0.05, 0.1) is 7.11 Å². The van der Waals surface area contributed by atoms with Gasteiger partial charge in [0.2, 0.25) is 11.0 Å². The second-order valence-corrected chi connectivity index (χ2v) is 2.85. The molecule has 0 saturated heterocycles. The van der Waals surface area contributed by atoms with Crippen LogP contribution in [0.5, 0.6) is 0 Å². The summed E-state index contributed by atoms with van der Waals surface area (Å²) in [6.45, 7) is 0. The SMILES string of the molecule is COC(=O)c1c([N+](=O)[O-])[nH]cc(C(F)F)c1=O. The number of nitro groups is 1. The number of H-pyrrole nitrogens is 1. The van der Waals surface area contributed by atoms with Crippen LogP contribution >= 0.6 is 0 Å². The molecule has 17 heavy (non-hydrogen) atoms. The van der Waals surface area contributed by atoms with E-state index in [9.17, 15) is 28.5 Å². The van der Waals surface area contributed by atoms with Gasteiger partial charge in [-0.05, 0) is 4.92 Å². The van der Waals surface area contributed by atoms with Gasteiger partial charge in [0.25, 0.3) is 6.43 Å². The maximum Gasteiger partial charge on any atom is 0.350 e. The van der Waals surface area contributed by atoms with Gasteiger partial charge >= 0.3 is 11.8 Å². The minimum Gasteiger partial charge on any atom is -0.465 e. The third-order valence-corrected chi connectivity index (χ3v) is 1.90. The second-order valence-electron chi connectivity index (χ2n) is 2.85. The lowest BCUT2D eigenvalue weighted by molar-refractivity contribution is -0.390. The molecule has 0 spiro atoms. The lowest BCUT2D eigenvalue weighted by atomic mass is 10.2. The predicted molar refractivity (Wildman–Crippen MR) is 50.0 cm³/mol. The van der Waals surface area contributed by atoms with Gasteiger partial charge < -0.3 is 14.9 Å². The number of methoxy groups -OCH3 is 1. The minimum atomic E-state index is -3.15. The van der Waals surface area contributed by atoms with Gasteiger partial charge in [-0.3, -0.25) is 4.79 Å². The van der Waals surface area contributed by atoms with E-state index >= 15 is 0 Å². The Balaban J connectivity index is 3.59. The summed E-state index contributed by atoms with van der Waals surface area (Å²) < 4.78 is 28.9. The fraction of sp³-hybridized carbons (Fsp3) is 0.250. The Kier molecular flexibility index (Phi) is 3.51. The van der Waals surface area contributed by atoms with Crippen molar-refractivity contribution < 1.29 is 23.2 Å². The van der Waals surface area contributed by atoms with Gasteiger partial charge in [-0.1, -0.05) is 0 Å². The molecule has 0 radical (unpaired) electrons. The number of nitrogens with zero attached hydrogens (tertiary/aromatic N) is 1. The first kappa shape index (κ1) is 12.7. The van der Waals surface area contributed by atoms with E-state index in [1.807, 2.05) is 4.98 Å². The van der Waals surface area contributed by atoms with Crippen molar-refractivity contribution in [1.29, 1.82) is 0 Å². The molecule has 0 aliphatic rings. The standard InChI is InChI=1S/C8H6F2N2O5/c1-17-8(14)4-5(13)3(6(9)10)2-11-7(4)12(15)16/h2,6H,1H3,(H,11,13). The molecule has 0 aliphatic heterocycles. The van der Waals surface area contributed by atoms with Crippen LogP contribution < -0.4 is 5.43 Å². The fourth-order valence-electron chi connectivity index (χ4n) is 1.13. The summed E-state index contributed by atoms with van der Waals surface area (Å²) in [4.78, 5) is 33.9. The maximum absolute atomic E-state index is 12.4. The van der Waals surface area contributed by atoms with E-state index in [0.717, 1.165) is 7.11 Å². The molecule has 0 saturated carbocycles. The first-order valence-electron chi connectivity index (χ1n) is 4.16. The first-order chi connectivity index (χ1) is 7.90. The zero-order valence-corrected chi connectivity index (χ0v) is 8.40. The number of halogens is 2. The average molecular weight is 248 g/mol. The van der Waals surface area contributed by atoms with E-state index in [-0.39, 0.29) is 0 Å². The smallest absolute Gasteiger partial charge is 0.350 e. The highest BCUT2D eigenvalue weighted by atomic mass is 19.3. The van der Waals surface area contributed by atoms with Crippen LogP contribution in [-0.2, 0) is 4.74 Å². The third-order valence-electron chi connectivity index (χ3n) is 1.90. The molecule has 9 heteroatoms. The van der Waals surface area contributed by atoms with Gasteiger partial charge in [0, 0.05) is 0 Å². The normalized spacial score (nSPS) is 10.4. The van der Waals surface area contributed by atoms with Crippen molar-refractivity contribution in [2.45, 2.75) is 6.43 Å². The summed E-state index contributed by atoms with van der Waals surface area (Å²) in [6, 6.07) is 0.